The lowest BCUT2D eigenvalue weighted by molar-refractivity contribution is 0.0629. The summed E-state index contributed by atoms with van der Waals surface area (Å²) < 4.78 is 1.76. The summed E-state index contributed by atoms with van der Waals surface area (Å²) in [7, 11) is 0. The van der Waals surface area contributed by atoms with Crippen molar-refractivity contribution in [3.05, 3.63) is 94.9 Å². The lowest BCUT2D eigenvalue weighted by Crippen LogP contribution is -2.48. The third-order valence-electron chi connectivity index (χ3n) is 5.94. The Labute approximate surface area is 192 Å². The summed E-state index contributed by atoms with van der Waals surface area (Å²) in [5.74, 6) is 0.0295. The molecule has 5 rings (SSSR count). The quantitative estimate of drug-likeness (QED) is 0.464. The van der Waals surface area contributed by atoms with Crippen molar-refractivity contribution in [2.75, 3.05) is 26.2 Å². The lowest BCUT2D eigenvalue weighted by Gasteiger charge is -2.34. The largest absolute Gasteiger partial charge is 0.336 e. The van der Waals surface area contributed by atoms with Gasteiger partial charge in [0.2, 0.25) is 0 Å². The molecule has 1 aliphatic rings. The first-order valence-electron chi connectivity index (χ1n) is 10.8. The van der Waals surface area contributed by atoms with Crippen LogP contribution in [-0.2, 0) is 13.1 Å². The second-order valence-corrected chi connectivity index (χ2v) is 8.49. The van der Waals surface area contributed by atoms with Gasteiger partial charge in [0.1, 0.15) is 0 Å². The number of fused-ring (bicyclic) bond motifs is 1. The van der Waals surface area contributed by atoms with Gasteiger partial charge in [0.15, 0.2) is 0 Å². The van der Waals surface area contributed by atoms with Crippen LogP contribution in [0.3, 0.4) is 0 Å². The number of hydrogen-bond acceptors (Lipinski definition) is 4. The van der Waals surface area contributed by atoms with Crippen LogP contribution in [0, 0.1) is 0 Å². The van der Waals surface area contributed by atoms with Crippen LogP contribution in [0.2, 0.25) is 5.02 Å². The Balaban J connectivity index is 1.20. The van der Waals surface area contributed by atoms with E-state index in [0.717, 1.165) is 36.1 Å². The zero-order chi connectivity index (χ0) is 21.9. The van der Waals surface area contributed by atoms with Crippen molar-refractivity contribution < 1.29 is 4.79 Å². The molecule has 2 aromatic heterocycles. The number of halogens is 1. The molecule has 1 amide bonds. The van der Waals surface area contributed by atoms with Crippen LogP contribution in [0.5, 0.6) is 0 Å². The summed E-state index contributed by atoms with van der Waals surface area (Å²) >= 11 is 6.24. The summed E-state index contributed by atoms with van der Waals surface area (Å²) in [6.07, 6.45) is 5.29. The van der Waals surface area contributed by atoms with Gasteiger partial charge in [-0.3, -0.25) is 19.4 Å². The Morgan fingerprint density at radius 3 is 2.53 bits per heavy atom. The Morgan fingerprint density at radius 1 is 0.906 bits per heavy atom. The molecule has 1 aliphatic heterocycles. The third kappa shape index (κ3) is 4.38. The number of carbonyl (C=O) groups is 1. The number of piperazine rings is 1. The summed E-state index contributed by atoms with van der Waals surface area (Å²) in [5.41, 5.74) is 3.87. The molecular weight excluding hydrogens is 422 g/mol. The van der Waals surface area contributed by atoms with Crippen LogP contribution in [0.1, 0.15) is 21.5 Å². The maximum Gasteiger partial charge on any atom is 0.257 e. The van der Waals surface area contributed by atoms with Crippen LogP contribution in [-0.4, -0.2) is 56.7 Å². The number of para-hydroxylation sites is 1. The van der Waals surface area contributed by atoms with Gasteiger partial charge in [0.05, 0.1) is 23.8 Å². The number of pyridine rings is 1. The number of nitrogens with zero attached hydrogens (tertiary/aromatic N) is 5. The molecule has 0 unspecified atom stereocenters. The van der Waals surface area contributed by atoms with Gasteiger partial charge < -0.3 is 4.90 Å². The smallest absolute Gasteiger partial charge is 0.257 e. The van der Waals surface area contributed by atoms with E-state index in [0.29, 0.717) is 30.2 Å². The zero-order valence-electron chi connectivity index (χ0n) is 17.7. The first kappa shape index (κ1) is 20.7. The zero-order valence-corrected chi connectivity index (χ0v) is 18.4. The van der Waals surface area contributed by atoms with Gasteiger partial charge >= 0.3 is 0 Å². The fraction of sp³-hybridized carbons (Fsp3) is 0.240. The summed E-state index contributed by atoms with van der Waals surface area (Å²) in [4.78, 5) is 21.8. The van der Waals surface area contributed by atoms with Crippen molar-refractivity contribution in [1.82, 2.24) is 24.6 Å². The molecule has 1 fully saturated rings. The topological polar surface area (TPSA) is 54.3 Å². The molecule has 7 heteroatoms. The minimum absolute atomic E-state index is 0.0295. The molecule has 32 heavy (non-hydrogen) atoms. The third-order valence-corrected chi connectivity index (χ3v) is 6.31. The molecule has 0 spiro atoms. The van der Waals surface area contributed by atoms with E-state index in [1.807, 2.05) is 41.4 Å². The van der Waals surface area contributed by atoms with Crippen molar-refractivity contribution >= 4 is 28.4 Å². The molecule has 1 saturated heterocycles. The van der Waals surface area contributed by atoms with Gasteiger partial charge in [-0.05, 0) is 23.3 Å². The lowest BCUT2D eigenvalue weighted by atomic mass is 10.1. The van der Waals surface area contributed by atoms with E-state index in [4.69, 9.17) is 11.6 Å². The van der Waals surface area contributed by atoms with E-state index in [-0.39, 0.29) is 5.91 Å². The van der Waals surface area contributed by atoms with Gasteiger partial charge in [-0.1, -0.05) is 54.1 Å². The van der Waals surface area contributed by atoms with Crippen LogP contribution in [0.4, 0.5) is 0 Å². The molecule has 0 radical (unpaired) electrons. The van der Waals surface area contributed by atoms with Gasteiger partial charge in [0, 0.05) is 55.5 Å². The predicted octanol–water partition coefficient (Wildman–Crippen LogP) is 4.09. The monoisotopic (exact) mass is 445 g/mol. The fourth-order valence-corrected chi connectivity index (χ4v) is 4.38. The molecule has 4 aromatic rings. The van der Waals surface area contributed by atoms with E-state index in [1.54, 1.807) is 17.1 Å². The molecule has 0 saturated carbocycles. The molecule has 3 heterocycles. The molecule has 0 N–H and O–H groups in total. The first-order valence-corrected chi connectivity index (χ1v) is 11.2. The fourth-order valence-electron chi connectivity index (χ4n) is 4.19. The van der Waals surface area contributed by atoms with Crippen molar-refractivity contribution in [3.63, 3.8) is 0 Å². The number of aromatic nitrogens is 3. The molecule has 162 valence electrons. The average molecular weight is 446 g/mol. The minimum Gasteiger partial charge on any atom is -0.336 e. The second-order valence-electron chi connectivity index (χ2n) is 8.08. The number of amides is 1. The number of benzene rings is 2. The van der Waals surface area contributed by atoms with E-state index >= 15 is 0 Å². The Bertz CT molecular complexity index is 1240. The highest BCUT2D eigenvalue weighted by Gasteiger charge is 2.23. The SMILES string of the molecule is O=C(c1cnn(Cc2ccccc2Cl)c1)N1CCN(Cc2cccc3cccnc23)CC1. The van der Waals surface area contributed by atoms with Crippen molar-refractivity contribution in [1.29, 1.82) is 0 Å². The van der Waals surface area contributed by atoms with Crippen LogP contribution < -0.4 is 0 Å². The summed E-state index contributed by atoms with van der Waals surface area (Å²) in [6.45, 7) is 4.46. The Hall–Kier alpha value is -3.22. The molecule has 6 nitrogen and oxygen atoms in total. The Kier molecular flexibility index (Phi) is 5.88. The maximum absolute atomic E-state index is 13.0. The Morgan fingerprint density at radius 2 is 1.69 bits per heavy atom. The normalized spacial score (nSPS) is 14.7. The van der Waals surface area contributed by atoms with E-state index < -0.39 is 0 Å². The van der Waals surface area contributed by atoms with Crippen LogP contribution in [0.15, 0.2) is 73.2 Å². The first-order chi connectivity index (χ1) is 15.7. The highest BCUT2D eigenvalue weighted by Crippen LogP contribution is 2.19. The highest BCUT2D eigenvalue weighted by molar-refractivity contribution is 6.31. The maximum atomic E-state index is 13.0. The van der Waals surface area contributed by atoms with Crippen molar-refractivity contribution in [2.24, 2.45) is 0 Å². The van der Waals surface area contributed by atoms with Crippen LogP contribution >= 0.6 is 11.6 Å². The van der Waals surface area contributed by atoms with Crippen molar-refractivity contribution in [3.8, 4) is 0 Å². The van der Waals surface area contributed by atoms with Crippen LogP contribution in [0.25, 0.3) is 10.9 Å². The summed E-state index contributed by atoms with van der Waals surface area (Å²) in [5, 5.41) is 6.22. The number of hydrogen-bond donors (Lipinski definition) is 0. The second kappa shape index (κ2) is 9.10. The molecular formula is C25H24ClN5O. The van der Waals surface area contributed by atoms with Gasteiger partial charge in [0.25, 0.3) is 5.91 Å². The van der Waals surface area contributed by atoms with Gasteiger partial charge in [-0.25, -0.2) is 0 Å². The molecule has 0 atom stereocenters. The summed E-state index contributed by atoms with van der Waals surface area (Å²) in [6, 6.07) is 18.1. The van der Waals surface area contributed by atoms with E-state index in [1.165, 1.54) is 5.56 Å². The number of carbonyl (C=O) groups excluding carboxylic acids is 1. The molecule has 0 bridgehead atoms. The predicted molar refractivity (Wildman–Crippen MR) is 126 cm³/mol. The molecule has 0 aliphatic carbocycles. The van der Waals surface area contributed by atoms with Gasteiger partial charge in [-0.2, -0.15) is 5.10 Å². The standard InChI is InChI=1S/C25H24ClN5O/c26-23-9-2-1-5-20(23)17-31-18-22(15-28-31)25(32)30-13-11-29(12-14-30)16-21-7-3-6-19-8-4-10-27-24(19)21/h1-10,15,18H,11-14,16-17H2. The number of rotatable bonds is 5. The van der Waals surface area contributed by atoms with Crippen molar-refractivity contribution in [2.45, 2.75) is 13.1 Å². The highest BCUT2D eigenvalue weighted by atomic mass is 35.5. The average Bonchev–Trinajstić information content (AvgIpc) is 3.29. The molecule has 2 aromatic carbocycles. The van der Waals surface area contributed by atoms with E-state index in [2.05, 4.69) is 39.2 Å². The minimum atomic E-state index is 0.0295. The van der Waals surface area contributed by atoms with Gasteiger partial charge in [-0.15, -0.1) is 0 Å². The van der Waals surface area contributed by atoms with E-state index in [9.17, 15) is 4.79 Å².